The second kappa shape index (κ2) is 6.01. The fraction of sp³-hybridized carbons (Fsp3) is 0.375. The van der Waals surface area contributed by atoms with E-state index in [0.29, 0.717) is 18.5 Å². The summed E-state index contributed by atoms with van der Waals surface area (Å²) in [7, 11) is 1.59. The van der Waals surface area contributed by atoms with Gasteiger partial charge in [0.15, 0.2) is 0 Å². The highest BCUT2D eigenvalue weighted by Crippen LogP contribution is 2.26. The van der Waals surface area contributed by atoms with Gasteiger partial charge in [0.25, 0.3) is 0 Å². The van der Waals surface area contributed by atoms with E-state index in [2.05, 4.69) is 5.10 Å². The van der Waals surface area contributed by atoms with Crippen LogP contribution in [0, 0.1) is 0 Å². The molecule has 0 aliphatic carbocycles. The minimum atomic E-state index is -0.771. The number of para-hydroxylation sites is 1. The number of aromatic nitrogens is 2. The molecule has 4 nitrogen and oxygen atoms in total. The normalized spacial score (nSPS) is 11.6. The van der Waals surface area contributed by atoms with Gasteiger partial charge in [-0.15, -0.1) is 0 Å². The molecule has 0 atom stereocenters. The zero-order valence-corrected chi connectivity index (χ0v) is 12.2. The first kappa shape index (κ1) is 14.5. The van der Waals surface area contributed by atoms with Gasteiger partial charge in [-0.05, 0) is 31.0 Å². The Labute approximate surface area is 119 Å². The largest absolute Gasteiger partial charge is 0.370 e. The van der Waals surface area contributed by atoms with Crippen LogP contribution >= 0.6 is 0 Å². The summed E-state index contributed by atoms with van der Waals surface area (Å²) >= 11 is 0. The fourth-order valence-electron chi connectivity index (χ4n) is 2.44. The minimum absolute atomic E-state index is 0.0219. The second-order valence-electron chi connectivity index (χ2n) is 4.70. The Morgan fingerprint density at radius 1 is 1.20 bits per heavy atom. The lowest BCUT2D eigenvalue weighted by Crippen LogP contribution is -2.40. The number of carbonyl (C=O) groups is 1. The molecular weight excluding hydrogens is 252 g/mol. The zero-order chi connectivity index (χ0) is 14.6. The summed E-state index contributed by atoms with van der Waals surface area (Å²) in [4.78, 5) is 12.8. The van der Waals surface area contributed by atoms with Crippen molar-refractivity contribution in [1.29, 1.82) is 0 Å². The molecule has 4 heteroatoms. The molecule has 0 aliphatic rings. The highest BCUT2D eigenvalue weighted by Gasteiger charge is 2.37. The summed E-state index contributed by atoms with van der Waals surface area (Å²) in [5.41, 5.74) is 0.659. The van der Waals surface area contributed by atoms with Gasteiger partial charge in [0.2, 0.25) is 5.78 Å². The van der Waals surface area contributed by atoms with Crippen LogP contribution in [0.5, 0.6) is 0 Å². The van der Waals surface area contributed by atoms with E-state index in [-0.39, 0.29) is 5.78 Å². The number of ketones is 1. The van der Waals surface area contributed by atoms with Crippen molar-refractivity contribution in [2.24, 2.45) is 0 Å². The van der Waals surface area contributed by atoms with Crippen LogP contribution in [0.15, 0.2) is 42.6 Å². The Hall–Kier alpha value is -1.94. The zero-order valence-electron chi connectivity index (χ0n) is 12.2. The Kier molecular flexibility index (Phi) is 4.35. The van der Waals surface area contributed by atoms with Crippen molar-refractivity contribution in [3.63, 3.8) is 0 Å². The molecule has 1 aromatic carbocycles. The molecule has 0 saturated carbocycles. The Bertz CT molecular complexity index is 563. The first-order chi connectivity index (χ1) is 9.68. The van der Waals surface area contributed by atoms with Gasteiger partial charge < -0.3 is 4.74 Å². The Morgan fingerprint density at radius 3 is 2.40 bits per heavy atom. The predicted octanol–water partition coefficient (Wildman–Crippen LogP) is 3.26. The van der Waals surface area contributed by atoms with Crippen molar-refractivity contribution in [3.8, 4) is 5.69 Å². The second-order valence-corrected chi connectivity index (χ2v) is 4.70. The molecule has 0 bridgehead atoms. The highest BCUT2D eigenvalue weighted by atomic mass is 16.5. The lowest BCUT2D eigenvalue weighted by atomic mass is 9.90. The average molecular weight is 272 g/mol. The summed E-state index contributed by atoms with van der Waals surface area (Å²) in [5.74, 6) is -0.0219. The summed E-state index contributed by atoms with van der Waals surface area (Å²) in [5, 5.41) is 4.26. The molecule has 0 aliphatic heterocycles. The molecule has 106 valence electrons. The van der Waals surface area contributed by atoms with Crippen molar-refractivity contribution in [2.45, 2.75) is 32.3 Å². The van der Waals surface area contributed by atoms with Crippen LogP contribution in [0.3, 0.4) is 0 Å². The third-order valence-corrected chi connectivity index (χ3v) is 3.82. The Morgan fingerprint density at radius 2 is 1.85 bits per heavy atom. The third-order valence-electron chi connectivity index (χ3n) is 3.82. The van der Waals surface area contributed by atoms with E-state index in [1.54, 1.807) is 24.1 Å². The molecule has 0 N–H and O–H groups in total. The van der Waals surface area contributed by atoms with Crippen molar-refractivity contribution in [1.82, 2.24) is 9.78 Å². The number of methoxy groups -OCH3 is 1. The lowest BCUT2D eigenvalue weighted by molar-refractivity contribution is -0.00323. The molecule has 1 aromatic heterocycles. The smallest absolute Gasteiger partial charge is 0.212 e. The van der Waals surface area contributed by atoms with Gasteiger partial charge in [-0.3, -0.25) is 4.79 Å². The van der Waals surface area contributed by atoms with Gasteiger partial charge >= 0.3 is 0 Å². The van der Waals surface area contributed by atoms with Crippen molar-refractivity contribution in [3.05, 3.63) is 48.3 Å². The first-order valence-corrected chi connectivity index (χ1v) is 6.88. The fourth-order valence-corrected chi connectivity index (χ4v) is 2.44. The van der Waals surface area contributed by atoms with Crippen LogP contribution in [0.2, 0.25) is 0 Å². The molecule has 0 fully saturated rings. The van der Waals surface area contributed by atoms with E-state index in [1.807, 2.05) is 44.2 Å². The van der Waals surface area contributed by atoms with E-state index < -0.39 is 5.60 Å². The molecule has 0 amide bonds. The van der Waals surface area contributed by atoms with Crippen LogP contribution in [-0.4, -0.2) is 28.3 Å². The molecule has 0 unspecified atom stereocenters. The quantitative estimate of drug-likeness (QED) is 0.758. The number of nitrogens with zero attached hydrogens (tertiary/aromatic N) is 2. The molecule has 0 spiro atoms. The van der Waals surface area contributed by atoms with Gasteiger partial charge in [0, 0.05) is 7.11 Å². The summed E-state index contributed by atoms with van der Waals surface area (Å²) in [6, 6.07) is 11.4. The summed E-state index contributed by atoms with van der Waals surface area (Å²) in [6.45, 7) is 3.93. The number of benzene rings is 1. The van der Waals surface area contributed by atoms with E-state index in [1.165, 1.54) is 0 Å². The predicted molar refractivity (Wildman–Crippen MR) is 78.2 cm³/mol. The molecule has 20 heavy (non-hydrogen) atoms. The SMILES string of the molecule is CCC(CC)(OC)C(=O)c1ccnn1-c1ccccc1. The van der Waals surface area contributed by atoms with Crippen molar-refractivity contribution in [2.75, 3.05) is 7.11 Å². The van der Waals surface area contributed by atoms with Gasteiger partial charge in [-0.2, -0.15) is 5.10 Å². The van der Waals surface area contributed by atoms with Gasteiger partial charge in [0.1, 0.15) is 11.3 Å². The van der Waals surface area contributed by atoms with Gasteiger partial charge in [-0.1, -0.05) is 32.0 Å². The maximum atomic E-state index is 12.8. The van der Waals surface area contributed by atoms with Crippen LogP contribution < -0.4 is 0 Å². The number of hydrogen-bond donors (Lipinski definition) is 0. The Balaban J connectivity index is 2.45. The summed E-state index contributed by atoms with van der Waals surface area (Å²) in [6.07, 6.45) is 2.92. The molecule has 2 aromatic rings. The number of carbonyl (C=O) groups excluding carboxylic acids is 1. The molecule has 0 saturated heterocycles. The standard InChI is InChI=1S/C16H20N2O2/c1-4-16(5-2,20-3)15(19)14-11-12-17-18(14)13-9-7-6-8-10-13/h6-12H,4-5H2,1-3H3. The van der Waals surface area contributed by atoms with E-state index in [9.17, 15) is 4.79 Å². The topological polar surface area (TPSA) is 44.1 Å². The van der Waals surface area contributed by atoms with Crippen LogP contribution in [0.1, 0.15) is 37.2 Å². The number of ether oxygens (including phenoxy) is 1. The van der Waals surface area contributed by atoms with E-state index in [0.717, 1.165) is 5.69 Å². The third kappa shape index (κ3) is 2.39. The highest BCUT2D eigenvalue weighted by molar-refractivity contribution is 6.01. The van der Waals surface area contributed by atoms with Crippen LogP contribution in [-0.2, 0) is 4.74 Å². The molecule has 2 rings (SSSR count). The molecular formula is C16H20N2O2. The molecule has 1 heterocycles. The van der Waals surface area contributed by atoms with Crippen LogP contribution in [0.25, 0.3) is 5.69 Å². The monoisotopic (exact) mass is 272 g/mol. The minimum Gasteiger partial charge on any atom is -0.370 e. The maximum Gasteiger partial charge on any atom is 0.212 e. The number of rotatable bonds is 6. The first-order valence-electron chi connectivity index (χ1n) is 6.88. The number of Topliss-reactive ketones (excluding diaryl/α,β-unsaturated/α-hetero) is 1. The summed E-state index contributed by atoms with van der Waals surface area (Å²) < 4.78 is 7.19. The average Bonchev–Trinajstić information content (AvgIpc) is 2.99. The van der Waals surface area contributed by atoms with Crippen molar-refractivity contribution >= 4 is 5.78 Å². The van der Waals surface area contributed by atoms with E-state index in [4.69, 9.17) is 4.74 Å². The number of hydrogen-bond acceptors (Lipinski definition) is 3. The van der Waals surface area contributed by atoms with Gasteiger partial charge in [0.05, 0.1) is 11.9 Å². The lowest BCUT2D eigenvalue weighted by Gasteiger charge is -2.28. The maximum absolute atomic E-state index is 12.8. The molecule has 0 radical (unpaired) electrons. The van der Waals surface area contributed by atoms with E-state index >= 15 is 0 Å². The van der Waals surface area contributed by atoms with Crippen LogP contribution in [0.4, 0.5) is 0 Å². The van der Waals surface area contributed by atoms with Gasteiger partial charge in [-0.25, -0.2) is 4.68 Å². The van der Waals surface area contributed by atoms with Crippen molar-refractivity contribution < 1.29 is 9.53 Å².